The SMILES string of the molecule is [CH3][Zr+3][C]1=CC=CC1.[I-].[I-].[I-]. The Morgan fingerprint density at radius 3 is 2.10 bits per heavy atom. The molecular weight excluding hydrogens is 544 g/mol. The van der Waals surface area contributed by atoms with Crippen LogP contribution in [0.25, 0.3) is 0 Å². The smallest absolute Gasteiger partial charge is 1.00 e. The van der Waals surface area contributed by atoms with Gasteiger partial charge in [0.2, 0.25) is 0 Å². The summed E-state index contributed by atoms with van der Waals surface area (Å²) in [7, 11) is 0. The van der Waals surface area contributed by atoms with Crippen molar-refractivity contribution >= 4 is 0 Å². The molecule has 0 aromatic rings. The summed E-state index contributed by atoms with van der Waals surface area (Å²) in [5, 5.41) is 0. The molecule has 0 radical (unpaired) electrons. The van der Waals surface area contributed by atoms with Gasteiger partial charge in [0, 0.05) is 0 Å². The maximum Gasteiger partial charge on any atom is -1.00 e. The minimum Gasteiger partial charge on any atom is -1.00 e. The molecule has 0 heterocycles. The fourth-order valence-electron chi connectivity index (χ4n) is 0.633. The van der Waals surface area contributed by atoms with Gasteiger partial charge < -0.3 is 71.9 Å². The van der Waals surface area contributed by atoms with Crippen LogP contribution < -0.4 is 71.9 Å². The van der Waals surface area contributed by atoms with E-state index in [1.54, 1.807) is 3.28 Å². The molecule has 1 rings (SSSR count). The number of hydrogen-bond donors (Lipinski definition) is 0. The van der Waals surface area contributed by atoms with Crippen LogP contribution in [0.1, 0.15) is 6.42 Å². The fraction of sp³-hybridized carbons (Fsp3) is 0.333. The molecule has 10 heavy (non-hydrogen) atoms. The van der Waals surface area contributed by atoms with Crippen molar-refractivity contribution in [3.63, 3.8) is 0 Å². The summed E-state index contributed by atoms with van der Waals surface area (Å²) in [5.74, 6) is 0. The van der Waals surface area contributed by atoms with E-state index in [2.05, 4.69) is 22.9 Å². The zero-order valence-corrected chi connectivity index (χ0v) is 14.5. The molecule has 4 heteroatoms. The van der Waals surface area contributed by atoms with E-state index in [0.717, 1.165) is 0 Å². The van der Waals surface area contributed by atoms with E-state index in [4.69, 9.17) is 0 Å². The molecule has 57 valence electrons. The van der Waals surface area contributed by atoms with E-state index in [1.807, 2.05) is 0 Å². The second-order valence-electron chi connectivity index (χ2n) is 1.57. The first-order chi connectivity index (χ1) is 3.43. The molecule has 1 aliphatic rings. The third-order valence-electron chi connectivity index (χ3n) is 1.09. The van der Waals surface area contributed by atoms with Crippen LogP contribution in [0.15, 0.2) is 21.5 Å². The van der Waals surface area contributed by atoms with E-state index in [9.17, 15) is 0 Å². The molecule has 0 nitrogen and oxygen atoms in total. The number of hydrogen-bond acceptors (Lipinski definition) is 0. The molecule has 0 fully saturated rings. The van der Waals surface area contributed by atoms with Gasteiger partial charge in [0.25, 0.3) is 0 Å². The van der Waals surface area contributed by atoms with Gasteiger partial charge in [-0.3, -0.25) is 0 Å². The number of rotatable bonds is 1. The van der Waals surface area contributed by atoms with E-state index >= 15 is 0 Å². The maximum absolute atomic E-state index is 2.36. The first-order valence-electron chi connectivity index (χ1n) is 2.47. The topological polar surface area (TPSA) is 0 Å². The van der Waals surface area contributed by atoms with Gasteiger partial charge in [0.1, 0.15) is 0 Å². The minimum atomic E-state index is -0.0408. The second kappa shape index (κ2) is 11.6. The molecule has 0 amide bonds. The molecule has 0 bridgehead atoms. The predicted octanol–water partition coefficient (Wildman–Crippen LogP) is -7.03. The van der Waals surface area contributed by atoms with E-state index in [-0.39, 0.29) is 95.2 Å². The van der Waals surface area contributed by atoms with Gasteiger partial charge in [-0.15, -0.1) is 0 Å². The zero-order chi connectivity index (χ0) is 5.11. The molecule has 0 N–H and O–H groups in total. The largest absolute Gasteiger partial charge is 1.00 e. The Morgan fingerprint density at radius 2 is 1.90 bits per heavy atom. The van der Waals surface area contributed by atoms with Crippen LogP contribution in [0.5, 0.6) is 0 Å². The Balaban J connectivity index is -0.000000163. The van der Waals surface area contributed by atoms with Gasteiger partial charge in [0.15, 0.2) is 0 Å². The van der Waals surface area contributed by atoms with Crippen LogP contribution in [0.4, 0.5) is 0 Å². The molecule has 1 aliphatic carbocycles. The van der Waals surface area contributed by atoms with Crippen molar-refractivity contribution in [3.8, 4) is 0 Å². The van der Waals surface area contributed by atoms with Crippen molar-refractivity contribution in [1.82, 2.24) is 0 Å². The predicted molar refractivity (Wildman–Crippen MR) is 27.7 cm³/mol. The van der Waals surface area contributed by atoms with Crippen molar-refractivity contribution in [2.45, 2.75) is 11.1 Å². The third kappa shape index (κ3) is 7.22. The number of halogens is 3. The Labute approximate surface area is 125 Å². The Bertz CT molecular complexity index is 120. The van der Waals surface area contributed by atoms with E-state index < -0.39 is 0 Å². The van der Waals surface area contributed by atoms with Gasteiger partial charge >= 0.3 is 55.8 Å². The second-order valence-corrected chi connectivity index (χ2v) is 4.38. The average Bonchev–Trinajstić information content (AvgIpc) is 2.14. The van der Waals surface area contributed by atoms with E-state index in [0.29, 0.717) is 0 Å². The van der Waals surface area contributed by atoms with Crippen molar-refractivity contribution in [3.05, 3.63) is 21.5 Å². The van der Waals surface area contributed by atoms with Crippen LogP contribution in [0.3, 0.4) is 0 Å². The van der Waals surface area contributed by atoms with Crippen LogP contribution >= 0.6 is 0 Å². The normalized spacial score (nSPS) is 11.5. The summed E-state index contributed by atoms with van der Waals surface area (Å²) in [6.45, 7) is 0. The molecule has 0 saturated heterocycles. The molecule has 0 atom stereocenters. The zero-order valence-electron chi connectivity index (χ0n) is 5.57. The summed E-state index contributed by atoms with van der Waals surface area (Å²) in [4.78, 5) is 0. The van der Waals surface area contributed by atoms with Crippen LogP contribution in [0, 0.1) is 0 Å². The maximum atomic E-state index is 2.36. The van der Waals surface area contributed by atoms with Gasteiger partial charge in [-0.05, 0) is 0 Å². The molecule has 0 aromatic heterocycles. The monoisotopic (exact) mass is 551 g/mol. The summed E-state index contributed by atoms with van der Waals surface area (Å²) in [5.41, 5.74) is 0. The Morgan fingerprint density at radius 1 is 1.30 bits per heavy atom. The van der Waals surface area contributed by atoms with Crippen LogP contribution in [0.2, 0.25) is 4.63 Å². The standard InChI is InChI=1S/C5H5.CH3.3HI.Zr/c1-2-4-5-3-1;;;;;/h1-3H,4H2;1H3;3*1H;/q;;;;;+3/p-3. The third-order valence-corrected chi connectivity index (χ3v) is 3.58. The van der Waals surface area contributed by atoms with Crippen LogP contribution in [-0.2, 0) is 23.2 Å². The average molecular weight is 552 g/mol. The first-order valence-corrected chi connectivity index (χ1v) is 6.15. The van der Waals surface area contributed by atoms with Gasteiger partial charge in [0.05, 0.1) is 0 Å². The quantitative estimate of drug-likeness (QED) is 0.284. The van der Waals surface area contributed by atoms with Crippen molar-refractivity contribution < 1.29 is 95.2 Å². The molecule has 0 unspecified atom stereocenters. The van der Waals surface area contributed by atoms with Crippen molar-refractivity contribution in [2.24, 2.45) is 0 Å². The summed E-state index contributed by atoms with van der Waals surface area (Å²) in [6.07, 6.45) is 7.94. The van der Waals surface area contributed by atoms with Gasteiger partial charge in [-0.2, -0.15) is 0 Å². The van der Waals surface area contributed by atoms with Gasteiger partial charge in [-0.1, -0.05) is 0 Å². The summed E-state index contributed by atoms with van der Waals surface area (Å²) < 4.78 is 4.09. The first kappa shape index (κ1) is 18.4. The summed E-state index contributed by atoms with van der Waals surface area (Å²) in [6, 6.07) is 0. The molecular formula is C6H8I3Zr. The minimum absolute atomic E-state index is 0. The molecule has 0 spiro atoms. The molecule has 0 aliphatic heterocycles. The van der Waals surface area contributed by atoms with E-state index in [1.165, 1.54) is 6.42 Å². The van der Waals surface area contributed by atoms with Crippen LogP contribution in [-0.4, -0.2) is 0 Å². The Kier molecular flexibility index (Phi) is 21.2. The fourth-order valence-corrected chi connectivity index (χ4v) is 2.07. The molecule has 0 saturated carbocycles. The Hall–Kier alpha value is 2.55. The van der Waals surface area contributed by atoms with Gasteiger partial charge in [-0.25, -0.2) is 0 Å². The van der Waals surface area contributed by atoms with Crippen molar-refractivity contribution in [2.75, 3.05) is 0 Å². The van der Waals surface area contributed by atoms with Crippen molar-refractivity contribution in [1.29, 1.82) is 0 Å². The number of allylic oxidation sites excluding steroid dienone is 4. The summed E-state index contributed by atoms with van der Waals surface area (Å²) >= 11 is -0.0408. The molecule has 0 aromatic carbocycles.